The molecule has 0 atom stereocenters. The summed E-state index contributed by atoms with van der Waals surface area (Å²) in [5.41, 5.74) is 18.3. The van der Waals surface area contributed by atoms with Crippen molar-refractivity contribution in [3.63, 3.8) is 0 Å². The van der Waals surface area contributed by atoms with Crippen molar-refractivity contribution in [3.05, 3.63) is 186 Å². The maximum absolute atomic E-state index is 10.9. The average molecular weight is 719 g/mol. The number of aryl methyl sites for hydroxylation is 4. The van der Waals surface area contributed by atoms with E-state index in [-0.39, 0.29) is 0 Å². The highest BCUT2D eigenvalue weighted by Gasteiger charge is 2.23. The standard InChI is InChI=1S/C52H38N4/c1-32-15-19-40(34(3)24-32)36-17-21-44-42-11-5-7-13-47(42)55(49(44)26-36)51-28-39(30-53)46(38-10-9-23-54-31-38)29-52(51)56-48-14-8-6-12-43(48)45-22-18-37(27-50(45)56)41-20-16-33(2)25-35(41)4/h5-29,31H,1-4H3. The molecule has 0 saturated carbocycles. The predicted molar refractivity (Wildman–Crippen MR) is 233 cm³/mol. The van der Waals surface area contributed by atoms with Crippen molar-refractivity contribution in [2.75, 3.05) is 0 Å². The first-order valence-electron chi connectivity index (χ1n) is 19.1. The molecular weight excluding hydrogens is 681 g/mol. The molecule has 4 heteroatoms. The minimum absolute atomic E-state index is 0.588. The Morgan fingerprint density at radius 3 is 1.46 bits per heavy atom. The van der Waals surface area contributed by atoms with Crippen LogP contribution in [0.4, 0.5) is 0 Å². The van der Waals surface area contributed by atoms with Gasteiger partial charge >= 0.3 is 0 Å². The van der Waals surface area contributed by atoms with Gasteiger partial charge < -0.3 is 9.13 Å². The SMILES string of the molecule is Cc1ccc(-c2ccc3c4ccccc4n(-c4cc(C#N)c(-c5cccnc5)cc4-n4c5ccccc5c5ccc(-c6ccc(C)cc6C)cc54)c3c2)c(C)c1. The Kier molecular flexibility index (Phi) is 7.73. The minimum atomic E-state index is 0.588. The molecule has 0 amide bonds. The summed E-state index contributed by atoms with van der Waals surface area (Å²) >= 11 is 0. The molecule has 10 aromatic rings. The highest BCUT2D eigenvalue weighted by molar-refractivity contribution is 6.13. The first-order valence-corrected chi connectivity index (χ1v) is 19.1. The molecule has 0 aliphatic carbocycles. The number of nitriles is 1. The molecule has 3 heterocycles. The molecule has 0 aliphatic rings. The monoisotopic (exact) mass is 718 g/mol. The van der Waals surface area contributed by atoms with Crippen LogP contribution in [0.25, 0.3) is 88.4 Å². The third kappa shape index (κ3) is 5.24. The van der Waals surface area contributed by atoms with Gasteiger partial charge in [-0.05, 0) is 104 Å². The second-order valence-electron chi connectivity index (χ2n) is 15.0. The molecular formula is C52H38N4. The van der Waals surface area contributed by atoms with E-state index in [0.29, 0.717) is 5.56 Å². The van der Waals surface area contributed by atoms with Crippen LogP contribution in [0.2, 0.25) is 0 Å². The van der Waals surface area contributed by atoms with Crippen molar-refractivity contribution in [2.45, 2.75) is 27.7 Å². The van der Waals surface area contributed by atoms with E-state index in [1.165, 1.54) is 44.2 Å². The van der Waals surface area contributed by atoms with Crippen LogP contribution >= 0.6 is 0 Å². The Morgan fingerprint density at radius 2 is 0.964 bits per heavy atom. The first-order chi connectivity index (χ1) is 27.4. The van der Waals surface area contributed by atoms with E-state index in [1.54, 1.807) is 6.20 Å². The number of rotatable bonds is 5. The van der Waals surface area contributed by atoms with Crippen LogP contribution in [0.15, 0.2) is 158 Å². The van der Waals surface area contributed by atoms with Crippen molar-refractivity contribution < 1.29 is 0 Å². The number of aromatic nitrogens is 3. The molecule has 0 saturated heterocycles. The van der Waals surface area contributed by atoms with Crippen LogP contribution in [-0.4, -0.2) is 14.1 Å². The van der Waals surface area contributed by atoms with E-state index in [4.69, 9.17) is 0 Å². The van der Waals surface area contributed by atoms with Gasteiger partial charge in [0.2, 0.25) is 0 Å². The Morgan fingerprint density at radius 1 is 0.446 bits per heavy atom. The molecule has 56 heavy (non-hydrogen) atoms. The van der Waals surface area contributed by atoms with Crippen LogP contribution in [0.5, 0.6) is 0 Å². The van der Waals surface area contributed by atoms with Gasteiger partial charge in [-0.2, -0.15) is 5.26 Å². The van der Waals surface area contributed by atoms with Gasteiger partial charge in [0, 0.05) is 45.1 Å². The fourth-order valence-corrected chi connectivity index (χ4v) is 8.86. The first kappa shape index (κ1) is 33.4. The van der Waals surface area contributed by atoms with Gasteiger partial charge in [-0.1, -0.05) is 114 Å². The van der Waals surface area contributed by atoms with Crippen LogP contribution in [0.1, 0.15) is 27.8 Å². The van der Waals surface area contributed by atoms with E-state index in [2.05, 4.69) is 181 Å². The molecule has 0 unspecified atom stereocenters. The average Bonchev–Trinajstić information content (AvgIpc) is 3.72. The summed E-state index contributed by atoms with van der Waals surface area (Å²) in [7, 11) is 0. The molecule has 0 bridgehead atoms. The summed E-state index contributed by atoms with van der Waals surface area (Å²) in [6, 6.07) is 55.1. The van der Waals surface area contributed by atoms with E-state index < -0.39 is 0 Å². The highest BCUT2D eigenvalue weighted by Crippen LogP contribution is 2.42. The van der Waals surface area contributed by atoms with Gasteiger partial charge in [-0.25, -0.2) is 0 Å². The summed E-state index contributed by atoms with van der Waals surface area (Å²) in [5.74, 6) is 0. The maximum atomic E-state index is 10.9. The Hall–Kier alpha value is -7.22. The second-order valence-corrected chi connectivity index (χ2v) is 15.0. The number of fused-ring (bicyclic) bond motifs is 6. The maximum Gasteiger partial charge on any atom is 0.0999 e. The Labute approximate surface area is 326 Å². The largest absolute Gasteiger partial charge is 0.307 e. The quantitative estimate of drug-likeness (QED) is 0.178. The number of para-hydroxylation sites is 2. The zero-order chi connectivity index (χ0) is 38.1. The van der Waals surface area contributed by atoms with E-state index in [9.17, 15) is 5.26 Å². The van der Waals surface area contributed by atoms with Crippen LogP contribution in [0.3, 0.4) is 0 Å². The van der Waals surface area contributed by atoms with Crippen molar-refractivity contribution in [2.24, 2.45) is 0 Å². The van der Waals surface area contributed by atoms with Crippen molar-refractivity contribution in [3.8, 4) is 50.8 Å². The molecule has 7 aromatic carbocycles. The van der Waals surface area contributed by atoms with Crippen LogP contribution < -0.4 is 0 Å². The molecule has 0 fully saturated rings. The zero-order valence-corrected chi connectivity index (χ0v) is 31.8. The molecule has 0 spiro atoms. The van der Waals surface area contributed by atoms with Gasteiger partial charge in [0.15, 0.2) is 0 Å². The smallest absolute Gasteiger partial charge is 0.0999 e. The summed E-state index contributed by atoms with van der Waals surface area (Å²) in [6.07, 6.45) is 3.62. The Balaban J connectivity index is 1.35. The number of nitrogens with zero attached hydrogens (tertiary/aromatic N) is 4. The van der Waals surface area contributed by atoms with E-state index in [1.807, 2.05) is 18.3 Å². The van der Waals surface area contributed by atoms with Crippen LogP contribution in [0, 0.1) is 39.0 Å². The molecule has 3 aromatic heterocycles. The van der Waals surface area contributed by atoms with Gasteiger partial charge in [0.25, 0.3) is 0 Å². The van der Waals surface area contributed by atoms with Gasteiger partial charge in [0.05, 0.1) is 45.1 Å². The van der Waals surface area contributed by atoms with Crippen molar-refractivity contribution >= 4 is 43.6 Å². The molecule has 0 N–H and O–H groups in total. The molecule has 0 radical (unpaired) electrons. The third-order valence-electron chi connectivity index (χ3n) is 11.4. The lowest BCUT2D eigenvalue weighted by Gasteiger charge is -2.20. The lowest BCUT2D eigenvalue weighted by Crippen LogP contribution is -2.05. The predicted octanol–water partition coefficient (Wildman–Crippen LogP) is 13.4. The topological polar surface area (TPSA) is 46.5 Å². The minimum Gasteiger partial charge on any atom is -0.307 e. The van der Waals surface area contributed by atoms with Gasteiger partial charge in [0.1, 0.15) is 0 Å². The lowest BCUT2D eigenvalue weighted by atomic mass is 9.97. The molecule has 0 aliphatic heterocycles. The normalized spacial score (nSPS) is 11.6. The summed E-state index contributed by atoms with van der Waals surface area (Å²) < 4.78 is 4.78. The summed E-state index contributed by atoms with van der Waals surface area (Å²) in [6.45, 7) is 8.66. The summed E-state index contributed by atoms with van der Waals surface area (Å²) in [5, 5.41) is 15.5. The molecule has 266 valence electrons. The fraction of sp³-hybridized carbons (Fsp3) is 0.0769. The van der Waals surface area contributed by atoms with Gasteiger partial charge in [-0.3, -0.25) is 4.98 Å². The Bertz CT molecular complexity index is 3240. The summed E-state index contributed by atoms with van der Waals surface area (Å²) in [4.78, 5) is 4.47. The van der Waals surface area contributed by atoms with Gasteiger partial charge in [-0.15, -0.1) is 0 Å². The number of hydrogen-bond donors (Lipinski definition) is 0. The highest BCUT2D eigenvalue weighted by atomic mass is 15.1. The van der Waals surface area contributed by atoms with Crippen LogP contribution in [-0.2, 0) is 0 Å². The number of hydrogen-bond acceptors (Lipinski definition) is 2. The van der Waals surface area contributed by atoms with Crippen molar-refractivity contribution in [1.82, 2.24) is 14.1 Å². The zero-order valence-electron chi connectivity index (χ0n) is 31.8. The second kappa shape index (κ2) is 13.0. The molecule has 4 nitrogen and oxygen atoms in total. The fourth-order valence-electron chi connectivity index (χ4n) is 8.86. The molecule has 10 rings (SSSR count). The van der Waals surface area contributed by atoms with Crippen molar-refractivity contribution in [1.29, 1.82) is 5.26 Å². The van der Waals surface area contributed by atoms with E-state index >= 15 is 0 Å². The van der Waals surface area contributed by atoms with E-state index in [0.717, 1.165) is 66.5 Å². The number of pyridine rings is 1. The number of benzene rings is 7. The lowest BCUT2D eigenvalue weighted by molar-refractivity contribution is 1.09. The third-order valence-corrected chi connectivity index (χ3v) is 11.4.